The van der Waals surface area contributed by atoms with Gasteiger partial charge in [-0.2, -0.15) is 0 Å². The number of thiophene rings is 1. The van der Waals surface area contributed by atoms with Crippen LogP contribution in [0.5, 0.6) is 17.2 Å². The molecule has 0 spiro atoms. The summed E-state index contributed by atoms with van der Waals surface area (Å²) in [4.78, 5) is 24.7. The molecular weight excluding hydrogens is 406 g/mol. The predicted molar refractivity (Wildman–Crippen MR) is 108 cm³/mol. The van der Waals surface area contributed by atoms with Crippen molar-refractivity contribution in [3.8, 4) is 17.2 Å². The number of hydrogen-bond donors (Lipinski definition) is 2. The van der Waals surface area contributed by atoms with Gasteiger partial charge in [-0.3, -0.25) is 4.79 Å². The summed E-state index contributed by atoms with van der Waals surface area (Å²) in [5.41, 5.74) is -0.0637. The van der Waals surface area contributed by atoms with E-state index in [2.05, 4.69) is 5.32 Å². The van der Waals surface area contributed by atoms with Crippen LogP contribution in [-0.4, -0.2) is 38.3 Å². The van der Waals surface area contributed by atoms with Crippen LogP contribution < -0.4 is 19.5 Å². The summed E-state index contributed by atoms with van der Waals surface area (Å²) in [5, 5.41) is 13.0. The molecule has 2 aromatic carbocycles. The third-order valence-corrected chi connectivity index (χ3v) is 5.72. The SMILES string of the molecule is COc1ccc2sc(C(=O)Nc3cc(OC)c(OC)cc3C(=O)O)c(Cl)c2c1. The summed E-state index contributed by atoms with van der Waals surface area (Å²) in [6.45, 7) is 0. The van der Waals surface area contributed by atoms with Crippen molar-refractivity contribution in [3.05, 3.63) is 45.8 Å². The summed E-state index contributed by atoms with van der Waals surface area (Å²) in [6, 6.07) is 8.00. The first kappa shape index (κ1) is 19.8. The lowest BCUT2D eigenvalue weighted by Crippen LogP contribution is -2.14. The number of carboxylic acids is 1. The monoisotopic (exact) mass is 421 g/mol. The number of rotatable bonds is 6. The Morgan fingerprint density at radius 3 is 2.32 bits per heavy atom. The molecule has 0 aliphatic carbocycles. The van der Waals surface area contributed by atoms with Gasteiger partial charge in [0.15, 0.2) is 11.5 Å². The molecule has 1 aromatic heterocycles. The second-order valence-corrected chi connectivity index (χ2v) is 7.05. The molecule has 0 bridgehead atoms. The van der Waals surface area contributed by atoms with E-state index in [1.807, 2.05) is 0 Å². The Hall–Kier alpha value is -2.97. The standard InChI is InChI=1S/C19H16ClNO6S/c1-25-9-4-5-15-11(6-9)16(20)17(28-15)18(22)21-12-8-14(27-3)13(26-2)7-10(12)19(23)24/h4-8H,1-3H3,(H,21,22)(H,23,24). The summed E-state index contributed by atoms with van der Waals surface area (Å²) in [7, 11) is 4.35. The number of methoxy groups -OCH3 is 3. The van der Waals surface area contributed by atoms with Crippen LogP contribution in [0.1, 0.15) is 20.0 Å². The van der Waals surface area contributed by atoms with Gasteiger partial charge in [-0.25, -0.2) is 4.79 Å². The van der Waals surface area contributed by atoms with Gasteiger partial charge in [-0.1, -0.05) is 11.6 Å². The molecule has 0 unspecified atom stereocenters. The normalized spacial score (nSPS) is 10.6. The smallest absolute Gasteiger partial charge is 0.337 e. The number of benzene rings is 2. The minimum Gasteiger partial charge on any atom is -0.497 e. The number of fused-ring (bicyclic) bond motifs is 1. The molecule has 7 nitrogen and oxygen atoms in total. The van der Waals surface area contributed by atoms with Crippen molar-refractivity contribution in [1.29, 1.82) is 0 Å². The maximum atomic E-state index is 12.8. The van der Waals surface area contributed by atoms with Gasteiger partial charge < -0.3 is 24.6 Å². The summed E-state index contributed by atoms with van der Waals surface area (Å²) >= 11 is 7.59. The number of hydrogen-bond acceptors (Lipinski definition) is 6. The number of amides is 1. The van der Waals surface area contributed by atoms with E-state index in [0.29, 0.717) is 11.1 Å². The number of ether oxygens (including phenoxy) is 3. The first-order chi connectivity index (χ1) is 13.4. The molecule has 0 atom stereocenters. The average Bonchev–Trinajstić information content (AvgIpc) is 3.03. The molecule has 0 aliphatic heterocycles. The van der Waals surface area contributed by atoms with Crippen molar-refractivity contribution in [3.63, 3.8) is 0 Å². The molecule has 0 saturated heterocycles. The molecule has 3 rings (SSSR count). The van der Waals surface area contributed by atoms with Crippen LogP contribution >= 0.6 is 22.9 Å². The molecule has 0 aliphatic rings. The molecule has 0 radical (unpaired) electrons. The Morgan fingerprint density at radius 2 is 1.71 bits per heavy atom. The quantitative estimate of drug-likeness (QED) is 0.607. The Labute approximate surface area is 169 Å². The Kier molecular flexibility index (Phi) is 5.62. The van der Waals surface area contributed by atoms with Gasteiger partial charge in [0.25, 0.3) is 5.91 Å². The van der Waals surface area contributed by atoms with Crippen LogP contribution in [0.4, 0.5) is 5.69 Å². The second-order valence-electron chi connectivity index (χ2n) is 5.62. The molecule has 0 fully saturated rings. The van der Waals surface area contributed by atoms with Crippen LogP contribution in [0.15, 0.2) is 30.3 Å². The molecule has 3 aromatic rings. The summed E-state index contributed by atoms with van der Waals surface area (Å²) in [6.07, 6.45) is 0. The van der Waals surface area contributed by atoms with Crippen molar-refractivity contribution in [1.82, 2.24) is 0 Å². The minimum absolute atomic E-state index is 0.0706. The molecule has 1 amide bonds. The predicted octanol–water partition coefficient (Wildman–Crippen LogP) is 4.53. The first-order valence-electron chi connectivity index (χ1n) is 7.96. The fourth-order valence-electron chi connectivity index (χ4n) is 2.66. The summed E-state index contributed by atoms with van der Waals surface area (Å²) in [5.74, 6) is -0.601. The van der Waals surface area contributed by atoms with Crippen molar-refractivity contribution < 1.29 is 28.9 Å². The molecule has 9 heteroatoms. The lowest BCUT2D eigenvalue weighted by Gasteiger charge is -2.13. The Morgan fingerprint density at radius 1 is 1.04 bits per heavy atom. The van der Waals surface area contributed by atoms with Crippen LogP contribution in [0.3, 0.4) is 0 Å². The van der Waals surface area contributed by atoms with Crippen molar-refractivity contribution in [2.45, 2.75) is 0 Å². The molecule has 2 N–H and O–H groups in total. The first-order valence-corrected chi connectivity index (χ1v) is 9.15. The van der Waals surface area contributed by atoms with Gasteiger partial charge in [0.2, 0.25) is 0 Å². The zero-order valence-corrected chi connectivity index (χ0v) is 16.7. The highest BCUT2D eigenvalue weighted by Crippen LogP contribution is 2.39. The van der Waals surface area contributed by atoms with Gasteiger partial charge in [0, 0.05) is 22.2 Å². The maximum Gasteiger partial charge on any atom is 0.337 e. The largest absolute Gasteiger partial charge is 0.497 e. The highest BCUT2D eigenvalue weighted by Gasteiger charge is 2.22. The van der Waals surface area contributed by atoms with E-state index in [9.17, 15) is 14.7 Å². The topological polar surface area (TPSA) is 94.1 Å². The van der Waals surface area contributed by atoms with Crippen LogP contribution in [0.2, 0.25) is 5.02 Å². The number of carboxylic acid groups (broad SMARTS) is 1. The third-order valence-electron chi connectivity index (χ3n) is 4.04. The maximum absolute atomic E-state index is 12.8. The molecule has 146 valence electrons. The van der Waals surface area contributed by atoms with E-state index in [0.717, 1.165) is 4.70 Å². The van der Waals surface area contributed by atoms with Gasteiger partial charge >= 0.3 is 5.97 Å². The second kappa shape index (κ2) is 7.95. The molecular formula is C19H16ClNO6S. The van der Waals surface area contributed by atoms with Gasteiger partial charge in [0.05, 0.1) is 37.6 Å². The molecule has 28 heavy (non-hydrogen) atoms. The van der Waals surface area contributed by atoms with E-state index in [4.69, 9.17) is 25.8 Å². The third kappa shape index (κ3) is 3.56. The minimum atomic E-state index is -1.22. The fourth-order valence-corrected chi connectivity index (χ4v) is 4.04. The van der Waals surface area contributed by atoms with Crippen molar-refractivity contribution in [2.75, 3.05) is 26.6 Å². The Bertz CT molecular complexity index is 1080. The van der Waals surface area contributed by atoms with Crippen molar-refractivity contribution >= 4 is 50.6 Å². The van der Waals surface area contributed by atoms with E-state index in [-0.39, 0.29) is 32.6 Å². The van der Waals surface area contributed by atoms with E-state index in [1.165, 1.54) is 37.7 Å². The van der Waals surface area contributed by atoms with Crippen LogP contribution in [0, 0.1) is 0 Å². The zero-order chi connectivity index (χ0) is 20.4. The van der Waals surface area contributed by atoms with Gasteiger partial charge in [-0.05, 0) is 18.2 Å². The molecule has 0 saturated carbocycles. The number of carbonyl (C=O) groups excluding carboxylic acids is 1. The lowest BCUT2D eigenvalue weighted by molar-refractivity contribution is 0.0697. The Balaban J connectivity index is 2.02. The van der Waals surface area contributed by atoms with E-state index >= 15 is 0 Å². The van der Waals surface area contributed by atoms with Gasteiger partial charge in [-0.15, -0.1) is 11.3 Å². The molecule has 1 heterocycles. The number of halogens is 1. The lowest BCUT2D eigenvalue weighted by atomic mass is 10.1. The van der Waals surface area contributed by atoms with E-state index < -0.39 is 11.9 Å². The number of nitrogens with one attached hydrogen (secondary N) is 1. The van der Waals surface area contributed by atoms with E-state index in [1.54, 1.807) is 25.3 Å². The van der Waals surface area contributed by atoms with Crippen molar-refractivity contribution in [2.24, 2.45) is 0 Å². The van der Waals surface area contributed by atoms with Crippen LogP contribution in [0.25, 0.3) is 10.1 Å². The number of aromatic carboxylic acids is 1. The van der Waals surface area contributed by atoms with Crippen LogP contribution in [-0.2, 0) is 0 Å². The highest BCUT2D eigenvalue weighted by molar-refractivity contribution is 7.21. The van der Waals surface area contributed by atoms with Gasteiger partial charge in [0.1, 0.15) is 10.6 Å². The summed E-state index contributed by atoms with van der Waals surface area (Å²) < 4.78 is 16.3. The average molecular weight is 422 g/mol. The fraction of sp³-hybridized carbons (Fsp3) is 0.158. The highest BCUT2D eigenvalue weighted by atomic mass is 35.5. The number of anilines is 1. The number of carbonyl (C=O) groups is 2. The zero-order valence-electron chi connectivity index (χ0n) is 15.2.